The van der Waals surface area contributed by atoms with Crippen molar-refractivity contribution in [1.29, 1.82) is 0 Å². The van der Waals surface area contributed by atoms with Gasteiger partial charge in [0.15, 0.2) is 0 Å². The molecule has 28 heavy (non-hydrogen) atoms. The van der Waals surface area contributed by atoms with Crippen molar-refractivity contribution in [2.24, 2.45) is 0 Å². The zero-order valence-corrected chi connectivity index (χ0v) is 15.2. The van der Waals surface area contributed by atoms with E-state index in [1.54, 1.807) is 0 Å². The fourth-order valence-electron chi connectivity index (χ4n) is 3.31. The lowest BCUT2D eigenvalue weighted by molar-refractivity contribution is -0.137. The molecule has 0 amide bonds. The Morgan fingerprint density at radius 3 is 2.25 bits per heavy atom. The van der Waals surface area contributed by atoms with E-state index in [9.17, 15) is 18.3 Å². The zero-order chi connectivity index (χ0) is 19.3. The van der Waals surface area contributed by atoms with Crippen LogP contribution in [0.1, 0.15) is 19.4 Å². The van der Waals surface area contributed by atoms with Gasteiger partial charge in [-0.2, -0.15) is 13.2 Å². The number of aliphatic hydroxyl groups excluding tert-OH is 1. The fraction of sp³-hybridized carbons (Fsp3) is 0.200. The second-order valence-electron chi connectivity index (χ2n) is 6.76. The van der Waals surface area contributed by atoms with Crippen LogP contribution in [0.4, 0.5) is 18.9 Å². The average Bonchev–Trinajstić information content (AvgIpc) is 2.98. The number of hydrogen-bond donors (Lipinski definition) is 2. The van der Waals surface area contributed by atoms with Gasteiger partial charge in [0.1, 0.15) is 5.70 Å². The van der Waals surface area contributed by atoms with Crippen LogP contribution in [0.15, 0.2) is 60.1 Å². The van der Waals surface area contributed by atoms with Crippen LogP contribution in [-0.4, -0.2) is 21.5 Å². The normalized spacial score (nSPS) is 15.7. The molecule has 0 saturated heterocycles. The topological polar surface area (TPSA) is 70.2 Å². The minimum absolute atomic E-state index is 0. The molecule has 0 bridgehead atoms. The van der Waals surface area contributed by atoms with Crippen molar-refractivity contribution < 1.29 is 23.8 Å². The first-order valence-corrected chi connectivity index (χ1v) is 8.54. The van der Waals surface area contributed by atoms with Crippen molar-refractivity contribution >= 4 is 17.6 Å². The second-order valence-corrected chi connectivity index (χ2v) is 6.76. The molecule has 0 saturated carbocycles. The van der Waals surface area contributed by atoms with Crippen LogP contribution in [0.5, 0.6) is 0 Å². The molecule has 148 valence electrons. The van der Waals surface area contributed by atoms with E-state index in [4.69, 9.17) is 0 Å². The lowest BCUT2D eigenvalue weighted by Gasteiger charge is -2.28. The van der Waals surface area contributed by atoms with Gasteiger partial charge >= 0.3 is 6.18 Å². The third kappa shape index (κ3) is 3.05. The standard InChI is InChI=1S/C20H18F3N3O.H2O/c1-12(2)25-11-13-5-3-4-6-16(13)17-18(25)19(27)26(24-17)15-9-7-14(8-10-15)20(21,22)23;/h3-12,24,27H,1-2H3;1H2. The highest BCUT2D eigenvalue weighted by Gasteiger charge is 2.35. The van der Waals surface area contributed by atoms with E-state index < -0.39 is 11.7 Å². The molecule has 0 radical (unpaired) electrons. The number of anilines is 1. The lowest BCUT2D eigenvalue weighted by atomic mass is 10.1. The number of hydrogen-bond acceptors (Lipinski definition) is 4. The number of aliphatic hydroxyl groups is 1. The third-order valence-corrected chi connectivity index (χ3v) is 4.66. The van der Waals surface area contributed by atoms with Crippen molar-refractivity contribution in [3.05, 3.63) is 76.1 Å². The van der Waals surface area contributed by atoms with Gasteiger partial charge < -0.3 is 15.5 Å². The molecule has 0 fully saturated rings. The number of halogens is 3. The molecule has 4 rings (SSSR count). The van der Waals surface area contributed by atoms with Crippen LogP contribution in [-0.2, 0) is 6.18 Å². The first-order valence-electron chi connectivity index (χ1n) is 8.54. The maximum atomic E-state index is 12.8. The average molecular weight is 391 g/mol. The summed E-state index contributed by atoms with van der Waals surface area (Å²) in [5.74, 6) is -0.0517. The van der Waals surface area contributed by atoms with Crippen molar-refractivity contribution in [2.45, 2.75) is 26.1 Å². The van der Waals surface area contributed by atoms with Crippen molar-refractivity contribution in [3.63, 3.8) is 0 Å². The summed E-state index contributed by atoms with van der Waals surface area (Å²) in [7, 11) is 0. The van der Waals surface area contributed by atoms with E-state index in [0.29, 0.717) is 11.4 Å². The highest BCUT2D eigenvalue weighted by atomic mass is 19.4. The number of nitrogens with one attached hydrogen (secondary N) is 1. The van der Waals surface area contributed by atoms with Crippen LogP contribution in [0.3, 0.4) is 0 Å². The molecular formula is C20H20F3N3O2. The summed E-state index contributed by atoms with van der Waals surface area (Å²) in [5, 5.41) is 14.2. The molecule has 2 aliphatic heterocycles. The first-order chi connectivity index (χ1) is 12.8. The Kier molecular flexibility index (Phi) is 4.76. The van der Waals surface area contributed by atoms with Gasteiger partial charge in [0.2, 0.25) is 5.88 Å². The van der Waals surface area contributed by atoms with Crippen LogP contribution >= 0.6 is 0 Å². The van der Waals surface area contributed by atoms with E-state index >= 15 is 0 Å². The summed E-state index contributed by atoms with van der Waals surface area (Å²) in [6.45, 7) is 4.01. The Hall–Kier alpha value is -3.13. The summed E-state index contributed by atoms with van der Waals surface area (Å²) >= 11 is 0. The molecule has 2 aliphatic rings. The number of fused-ring (bicyclic) bond motifs is 2. The molecule has 0 unspecified atom stereocenters. The minimum atomic E-state index is -4.40. The Labute approximate surface area is 159 Å². The smallest absolute Gasteiger partial charge is 0.416 e. The summed E-state index contributed by atoms with van der Waals surface area (Å²) in [4.78, 5) is 1.95. The predicted octanol–water partition coefficient (Wildman–Crippen LogP) is 2.20. The SMILES string of the molecule is CC(C)N1C=c2ccccc2=C2NN(c3ccc(C(F)(F)F)cc3)C(O)=C21.O. The number of benzene rings is 2. The highest BCUT2D eigenvalue weighted by Crippen LogP contribution is 2.34. The third-order valence-electron chi connectivity index (χ3n) is 4.66. The van der Waals surface area contributed by atoms with Crippen molar-refractivity contribution in [1.82, 2.24) is 10.3 Å². The van der Waals surface area contributed by atoms with Gasteiger partial charge in [-0.3, -0.25) is 5.43 Å². The van der Waals surface area contributed by atoms with E-state index in [-0.39, 0.29) is 17.4 Å². The fourth-order valence-corrected chi connectivity index (χ4v) is 3.31. The molecule has 2 heterocycles. The van der Waals surface area contributed by atoms with E-state index in [1.165, 1.54) is 17.1 Å². The zero-order valence-electron chi connectivity index (χ0n) is 15.2. The maximum absolute atomic E-state index is 12.8. The molecular weight excluding hydrogens is 371 g/mol. The molecule has 4 N–H and O–H groups in total. The first kappa shape index (κ1) is 19.6. The van der Waals surface area contributed by atoms with Crippen LogP contribution in [0, 0.1) is 0 Å². The molecule has 0 atom stereocenters. The number of hydrazine groups is 1. The molecule has 2 aromatic carbocycles. The molecule has 0 aliphatic carbocycles. The number of alkyl halides is 3. The summed E-state index contributed by atoms with van der Waals surface area (Å²) in [6, 6.07) is 12.5. The highest BCUT2D eigenvalue weighted by molar-refractivity contribution is 5.75. The minimum Gasteiger partial charge on any atom is -0.492 e. The Morgan fingerprint density at radius 1 is 1.00 bits per heavy atom. The van der Waals surface area contributed by atoms with Gasteiger partial charge in [-0.05, 0) is 38.1 Å². The van der Waals surface area contributed by atoms with Crippen molar-refractivity contribution in [2.75, 3.05) is 5.01 Å². The van der Waals surface area contributed by atoms with Gasteiger partial charge in [0, 0.05) is 22.7 Å². The van der Waals surface area contributed by atoms with E-state index in [2.05, 4.69) is 5.43 Å². The summed E-state index contributed by atoms with van der Waals surface area (Å²) in [6.07, 6.45) is -2.43. The quantitative estimate of drug-likeness (QED) is 0.824. The Bertz CT molecular complexity index is 1040. The summed E-state index contributed by atoms with van der Waals surface area (Å²) in [5.41, 5.74) is 4.14. The monoisotopic (exact) mass is 391 g/mol. The molecule has 8 heteroatoms. The van der Waals surface area contributed by atoms with Gasteiger partial charge in [-0.15, -0.1) is 0 Å². The van der Waals surface area contributed by atoms with Crippen LogP contribution in [0.2, 0.25) is 0 Å². The van der Waals surface area contributed by atoms with Gasteiger partial charge in [0.25, 0.3) is 0 Å². The Balaban J connectivity index is 0.00000225. The molecule has 5 nitrogen and oxygen atoms in total. The van der Waals surface area contributed by atoms with E-state index in [1.807, 2.05) is 49.2 Å². The molecule has 0 aromatic heterocycles. The maximum Gasteiger partial charge on any atom is 0.416 e. The predicted molar refractivity (Wildman–Crippen MR) is 101 cm³/mol. The van der Waals surface area contributed by atoms with Crippen molar-refractivity contribution in [3.8, 4) is 0 Å². The van der Waals surface area contributed by atoms with Gasteiger partial charge in [-0.25, -0.2) is 5.01 Å². The van der Waals surface area contributed by atoms with E-state index in [0.717, 1.165) is 28.3 Å². The number of nitrogens with zero attached hydrogens (tertiary/aromatic N) is 2. The molecule has 2 aromatic rings. The molecule has 0 spiro atoms. The van der Waals surface area contributed by atoms with Crippen LogP contribution in [0.25, 0.3) is 11.9 Å². The lowest BCUT2D eigenvalue weighted by Crippen LogP contribution is -2.42. The second kappa shape index (κ2) is 6.79. The largest absolute Gasteiger partial charge is 0.492 e. The van der Waals surface area contributed by atoms with Gasteiger partial charge in [-0.1, -0.05) is 24.3 Å². The number of rotatable bonds is 2. The van der Waals surface area contributed by atoms with Gasteiger partial charge in [0.05, 0.1) is 16.9 Å². The van der Waals surface area contributed by atoms with Crippen LogP contribution < -0.4 is 20.9 Å². The summed E-state index contributed by atoms with van der Waals surface area (Å²) < 4.78 is 38.5. The Morgan fingerprint density at radius 2 is 1.64 bits per heavy atom.